The van der Waals surface area contributed by atoms with E-state index >= 15 is 0 Å². The Morgan fingerprint density at radius 1 is 1.25 bits per heavy atom. The Balaban J connectivity index is 2.60. The second-order valence-electron chi connectivity index (χ2n) is 2.51. The zero-order valence-corrected chi connectivity index (χ0v) is 7.08. The van der Waals surface area contributed by atoms with E-state index in [9.17, 15) is 0 Å². The molecule has 1 nitrogen and oxygen atoms in total. The molecule has 0 aliphatic rings. The lowest BCUT2D eigenvalue weighted by Gasteiger charge is -1.91. The molecule has 2 heteroatoms. The summed E-state index contributed by atoms with van der Waals surface area (Å²) in [5.41, 5.74) is 3.49. The highest BCUT2D eigenvalue weighted by atomic mass is 35.5. The maximum Gasteiger partial charge on any atom is 0.133 e. The third-order valence-corrected chi connectivity index (χ3v) is 1.86. The molecule has 1 aromatic carbocycles. The molecule has 0 N–H and O–H groups in total. The number of fused-ring (bicyclic) bond motifs is 1. The molecule has 0 aliphatic carbocycles. The summed E-state index contributed by atoms with van der Waals surface area (Å²) in [7, 11) is 0. The van der Waals surface area contributed by atoms with Crippen molar-refractivity contribution in [2.24, 2.45) is 0 Å². The molecule has 2 rings (SSSR count). The van der Waals surface area contributed by atoms with Gasteiger partial charge in [0, 0.05) is 10.9 Å². The van der Waals surface area contributed by atoms with Gasteiger partial charge < -0.3 is 4.42 Å². The summed E-state index contributed by atoms with van der Waals surface area (Å²) >= 11 is 5.46. The molecule has 0 spiro atoms. The van der Waals surface area contributed by atoms with Crippen LogP contribution in [0.25, 0.3) is 17.0 Å². The molecule has 0 unspecified atom stereocenters. The summed E-state index contributed by atoms with van der Waals surface area (Å²) in [4.78, 5) is 0. The van der Waals surface area contributed by atoms with Gasteiger partial charge in [0.1, 0.15) is 5.58 Å². The summed E-state index contributed by atoms with van der Waals surface area (Å²) < 4.78 is 5.19. The summed E-state index contributed by atoms with van der Waals surface area (Å²) in [6.45, 7) is 0. The first kappa shape index (κ1) is 7.44. The maximum atomic E-state index is 5.46. The van der Waals surface area contributed by atoms with E-state index in [0.29, 0.717) is 0 Å². The van der Waals surface area contributed by atoms with Crippen LogP contribution in [0.3, 0.4) is 0 Å². The molecule has 0 radical (unpaired) electrons. The summed E-state index contributed by atoms with van der Waals surface area (Å²) in [5.74, 6) is 0. The summed E-state index contributed by atoms with van der Waals surface area (Å²) in [6.07, 6.45) is 3.52. The van der Waals surface area contributed by atoms with E-state index in [4.69, 9.17) is 16.0 Å². The van der Waals surface area contributed by atoms with E-state index in [1.54, 1.807) is 6.26 Å². The second-order valence-corrected chi connectivity index (χ2v) is 2.76. The molecular formula is C10H7ClO. The van der Waals surface area contributed by atoms with Crippen LogP contribution in [0.15, 0.2) is 40.5 Å². The monoisotopic (exact) mass is 178 g/mol. The summed E-state index contributed by atoms with van der Waals surface area (Å²) in [5, 5.41) is 1.10. The predicted molar refractivity (Wildman–Crippen MR) is 51.1 cm³/mol. The topological polar surface area (TPSA) is 13.1 Å². The van der Waals surface area contributed by atoms with Gasteiger partial charge in [0.15, 0.2) is 0 Å². The predicted octanol–water partition coefficient (Wildman–Crippen LogP) is 3.64. The molecule has 0 atom stereocenters. The minimum atomic E-state index is 0.904. The molecule has 0 bridgehead atoms. The van der Waals surface area contributed by atoms with Crippen LogP contribution in [0.4, 0.5) is 0 Å². The third-order valence-electron chi connectivity index (χ3n) is 1.73. The van der Waals surface area contributed by atoms with Crippen molar-refractivity contribution < 1.29 is 4.42 Å². The highest BCUT2D eigenvalue weighted by molar-refractivity contribution is 6.27. The van der Waals surface area contributed by atoms with Crippen LogP contribution < -0.4 is 0 Å². The molecule has 1 aromatic heterocycles. The number of benzene rings is 1. The molecular weight excluding hydrogens is 172 g/mol. The standard InChI is InChI=1S/C10H7ClO/c11-5-3-8-1-2-10-9(7-8)4-6-12-10/h1-7H/b5-3+. The fraction of sp³-hybridized carbons (Fsp3) is 0. The fourth-order valence-corrected chi connectivity index (χ4v) is 1.31. The van der Waals surface area contributed by atoms with Gasteiger partial charge in [0.2, 0.25) is 0 Å². The molecule has 0 amide bonds. The van der Waals surface area contributed by atoms with E-state index < -0.39 is 0 Å². The lowest BCUT2D eigenvalue weighted by atomic mass is 10.2. The van der Waals surface area contributed by atoms with Gasteiger partial charge in [0.25, 0.3) is 0 Å². The highest BCUT2D eigenvalue weighted by Gasteiger charge is 1.95. The van der Waals surface area contributed by atoms with Gasteiger partial charge in [-0.05, 0) is 29.8 Å². The lowest BCUT2D eigenvalue weighted by Crippen LogP contribution is -1.69. The smallest absolute Gasteiger partial charge is 0.133 e. The minimum absolute atomic E-state index is 0.904. The van der Waals surface area contributed by atoms with Crippen molar-refractivity contribution in [3.63, 3.8) is 0 Å². The Morgan fingerprint density at radius 3 is 3.00 bits per heavy atom. The van der Waals surface area contributed by atoms with E-state index in [2.05, 4.69) is 0 Å². The first-order chi connectivity index (χ1) is 5.90. The molecule has 1 heterocycles. The Kier molecular flexibility index (Phi) is 1.88. The van der Waals surface area contributed by atoms with Crippen molar-refractivity contribution in [1.29, 1.82) is 0 Å². The maximum absolute atomic E-state index is 5.46. The van der Waals surface area contributed by atoms with Crippen LogP contribution in [0, 0.1) is 0 Å². The Labute approximate surface area is 75.3 Å². The number of hydrogen-bond donors (Lipinski definition) is 0. The van der Waals surface area contributed by atoms with Crippen LogP contribution in [0.2, 0.25) is 0 Å². The number of furan rings is 1. The van der Waals surface area contributed by atoms with Crippen molar-refractivity contribution >= 4 is 28.6 Å². The van der Waals surface area contributed by atoms with Crippen molar-refractivity contribution in [3.05, 3.63) is 41.6 Å². The molecule has 0 fully saturated rings. The Bertz CT molecular complexity index is 414. The minimum Gasteiger partial charge on any atom is -0.464 e. The van der Waals surface area contributed by atoms with Crippen LogP contribution in [-0.2, 0) is 0 Å². The van der Waals surface area contributed by atoms with Crippen LogP contribution >= 0.6 is 11.6 Å². The van der Waals surface area contributed by atoms with Gasteiger partial charge in [-0.3, -0.25) is 0 Å². The SMILES string of the molecule is Cl/C=C/c1ccc2occc2c1. The van der Waals surface area contributed by atoms with Gasteiger partial charge in [-0.15, -0.1) is 0 Å². The Hall–Kier alpha value is -1.21. The van der Waals surface area contributed by atoms with Crippen LogP contribution in [0.1, 0.15) is 5.56 Å². The van der Waals surface area contributed by atoms with Gasteiger partial charge >= 0.3 is 0 Å². The molecule has 12 heavy (non-hydrogen) atoms. The van der Waals surface area contributed by atoms with Crippen molar-refractivity contribution in [2.75, 3.05) is 0 Å². The van der Waals surface area contributed by atoms with Crippen LogP contribution in [-0.4, -0.2) is 0 Å². The van der Waals surface area contributed by atoms with Gasteiger partial charge in [-0.1, -0.05) is 17.7 Å². The van der Waals surface area contributed by atoms with Crippen LogP contribution in [0.5, 0.6) is 0 Å². The van der Waals surface area contributed by atoms with Crippen molar-refractivity contribution in [3.8, 4) is 0 Å². The van der Waals surface area contributed by atoms with Gasteiger partial charge in [-0.2, -0.15) is 0 Å². The number of halogens is 1. The highest BCUT2D eigenvalue weighted by Crippen LogP contribution is 2.17. The molecule has 0 saturated carbocycles. The van der Waals surface area contributed by atoms with E-state index in [-0.39, 0.29) is 0 Å². The van der Waals surface area contributed by atoms with Gasteiger partial charge in [0.05, 0.1) is 6.26 Å². The number of hydrogen-bond acceptors (Lipinski definition) is 1. The summed E-state index contributed by atoms with van der Waals surface area (Å²) in [6, 6.07) is 7.85. The lowest BCUT2D eigenvalue weighted by molar-refractivity contribution is 0.616. The van der Waals surface area contributed by atoms with Crippen molar-refractivity contribution in [1.82, 2.24) is 0 Å². The average molecular weight is 179 g/mol. The quantitative estimate of drug-likeness (QED) is 0.650. The van der Waals surface area contributed by atoms with Gasteiger partial charge in [-0.25, -0.2) is 0 Å². The molecule has 0 aliphatic heterocycles. The fourth-order valence-electron chi connectivity index (χ4n) is 1.16. The Morgan fingerprint density at radius 2 is 2.17 bits per heavy atom. The third kappa shape index (κ3) is 1.23. The van der Waals surface area contributed by atoms with Crippen molar-refractivity contribution in [2.45, 2.75) is 0 Å². The molecule has 0 saturated heterocycles. The van der Waals surface area contributed by atoms with E-state index in [0.717, 1.165) is 16.5 Å². The van der Waals surface area contributed by atoms with E-state index in [1.165, 1.54) is 5.54 Å². The average Bonchev–Trinajstić information content (AvgIpc) is 2.51. The molecule has 2 aromatic rings. The zero-order chi connectivity index (χ0) is 8.39. The first-order valence-electron chi connectivity index (χ1n) is 3.64. The molecule has 60 valence electrons. The normalized spacial score (nSPS) is 11.4. The largest absolute Gasteiger partial charge is 0.464 e. The number of rotatable bonds is 1. The first-order valence-corrected chi connectivity index (χ1v) is 4.08. The second kappa shape index (κ2) is 3.03. The van der Waals surface area contributed by atoms with E-state index in [1.807, 2.05) is 30.3 Å². The zero-order valence-electron chi connectivity index (χ0n) is 6.33.